The van der Waals surface area contributed by atoms with Crippen molar-refractivity contribution in [1.82, 2.24) is 20.1 Å². The number of nitrogens with one attached hydrogen (secondary N) is 1. The number of aliphatic imine (C=N–C) groups is 1. The molecule has 28 heavy (non-hydrogen) atoms. The predicted octanol–water partition coefficient (Wildman–Crippen LogP) is 3.38. The number of carbonyl (C=O) groups is 1. The Bertz CT molecular complexity index is 1020. The fraction of sp³-hybridized carbons (Fsp3) is 0.158. The molecule has 0 spiro atoms. The molecule has 1 N–H and O–H groups in total. The third-order valence-corrected chi connectivity index (χ3v) is 5.75. The van der Waals surface area contributed by atoms with E-state index in [-0.39, 0.29) is 17.5 Å². The first kappa shape index (κ1) is 18.7. The first-order chi connectivity index (χ1) is 13.7. The summed E-state index contributed by atoms with van der Waals surface area (Å²) < 4.78 is 16.1. The molecule has 1 aliphatic rings. The molecule has 3 aromatic rings. The normalized spacial score (nSPS) is 13.4. The molecule has 6 nitrogen and oxygen atoms in total. The molecule has 1 amide bonds. The van der Waals surface area contributed by atoms with Gasteiger partial charge < -0.3 is 5.32 Å². The second kappa shape index (κ2) is 8.57. The van der Waals surface area contributed by atoms with Crippen molar-refractivity contribution in [1.29, 1.82) is 0 Å². The van der Waals surface area contributed by atoms with Crippen LogP contribution in [-0.4, -0.2) is 43.9 Å². The lowest BCUT2D eigenvalue weighted by Gasteiger charge is -2.10. The maximum absolute atomic E-state index is 14.4. The predicted molar refractivity (Wildman–Crippen MR) is 110 cm³/mol. The van der Waals surface area contributed by atoms with Gasteiger partial charge in [0.05, 0.1) is 17.9 Å². The third kappa shape index (κ3) is 4.10. The van der Waals surface area contributed by atoms with Crippen LogP contribution < -0.4 is 5.32 Å². The summed E-state index contributed by atoms with van der Waals surface area (Å²) in [5, 5.41) is 12.4. The largest absolute Gasteiger partial charge is 0.305 e. The number of amidine groups is 1. The number of amides is 1. The number of rotatable bonds is 5. The van der Waals surface area contributed by atoms with Gasteiger partial charge in [-0.25, -0.2) is 4.39 Å². The van der Waals surface area contributed by atoms with E-state index in [2.05, 4.69) is 20.5 Å². The molecule has 0 saturated heterocycles. The number of aromatic nitrogens is 3. The lowest BCUT2D eigenvalue weighted by atomic mass is 10.2. The van der Waals surface area contributed by atoms with Gasteiger partial charge in [-0.1, -0.05) is 53.9 Å². The molecule has 0 saturated carbocycles. The van der Waals surface area contributed by atoms with E-state index in [1.54, 1.807) is 22.8 Å². The molecule has 2 heterocycles. The molecule has 0 aliphatic carbocycles. The van der Waals surface area contributed by atoms with Crippen LogP contribution in [0.5, 0.6) is 0 Å². The zero-order valence-electron chi connectivity index (χ0n) is 14.7. The molecule has 1 aromatic heterocycles. The van der Waals surface area contributed by atoms with Gasteiger partial charge in [-0.15, -0.1) is 10.2 Å². The van der Waals surface area contributed by atoms with Crippen molar-refractivity contribution in [2.75, 3.05) is 18.1 Å². The fourth-order valence-electron chi connectivity index (χ4n) is 2.69. The number of hydrogen-bond acceptors (Lipinski definition) is 6. The van der Waals surface area contributed by atoms with E-state index in [4.69, 9.17) is 0 Å². The number of nitrogens with zero attached hydrogens (tertiary/aromatic N) is 4. The summed E-state index contributed by atoms with van der Waals surface area (Å²) in [5.74, 6) is 0.896. The first-order valence-electron chi connectivity index (χ1n) is 8.58. The minimum absolute atomic E-state index is 0.155. The zero-order chi connectivity index (χ0) is 19.3. The number of halogens is 1. The minimum Gasteiger partial charge on any atom is -0.305 e. The van der Waals surface area contributed by atoms with Gasteiger partial charge in [-0.2, -0.15) is 0 Å². The molecular formula is C19H16FN5OS2. The van der Waals surface area contributed by atoms with Gasteiger partial charge in [-0.05, 0) is 24.3 Å². The molecular weight excluding hydrogens is 397 g/mol. The highest BCUT2D eigenvalue weighted by molar-refractivity contribution is 8.14. The Morgan fingerprint density at radius 3 is 2.68 bits per heavy atom. The molecule has 4 rings (SSSR count). The zero-order valence-corrected chi connectivity index (χ0v) is 16.3. The number of carbonyl (C=O) groups excluding carboxylic acids is 1. The van der Waals surface area contributed by atoms with Crippen LogP contribution in [0.4, 0.5) is 4.39 Å². The van der Waals surface area contributed by atoms with Crippen LogP contribution in [0.1, 0.15) is 0 Å². The maximum Gasteiger partial charge on any atom is 0.236 e. The van der Waals surface area contributed by atoms with Crippen LogP contribution in [0.25, 0.3) is 17.1 Å². The second-order valence-electron chi connectivity index (χ2n) is 5.83. The Balaban J connectivity index is 1.62. The first-order valence-corrected chi connectivity index (χ1v) is 10.5. The van der Waals surface area contributed by atoms with Gasteiger partial charge >= 0.3 is 0 Å². The van der Waals surface area contributed by atoms with Gasteiger partial charge in [0.1, 0.15) is 5.82 Å². The van der Waals surface area contributed by atoms with Crippen LogP contribution in [0.2, 0.25) is 0 Å². The van der Waals surface area contributed by atoms with Crippen LogP contribution in [0.3, 0.4) is 0 Å². The monoisotopic (exact) mass is 413 g/mol. The van der Waals surface area contributed by atoms with Crippen LogP contribution in [0, 0.1) is 5.82 Å². The summed E-state index contributed by atoms with van der Waals surface area (Å²) in [5.41, 5.74) is 1.15. The van der Waals surface area contributed by atoms with Gasteiger partial charge in [0.25, 0.3) is 0 Å². The molecule has 0 bridgehead atoms. The van der Waals surface area contributed by atoms with Crippen molar-refractivity contribution < 1.29 is 9.18 Å². The molecule has 0 unspecified atom stereocenters. The van der Waals surface area contributed by atoms with Crippen LogP contribution in [-0.2, 0) is 4.79 Å². The standard InChI is InChI=1S/C19H16FN5OS2/c20-15-9-5-4-8-14(15)17-23-24-19(25(17)13-6-2-1-3-7-13)28-12-16(26)22-18-21-10-11-27-18/h1-9H,10-12H2,(H,21,22,26). The Kier molecular flexibility index (Phi) is 5.73. The Hall–Kier alpha value is -2.65. The van der Waals surface area contributed by atoms with E-state index >= 15 is 0 Å². The van der Waals surface area contributed by atoms with Crippen molar-refractivity contribution in [3.05, 3.63) is 60.4 Å². The lowest BCUT2D eigenvalue weighted by molar-refractivity contribution is -0.117. The summed E-state index contributed by atoms with van der Waals surface area (Å²) >= 11 is 2.77. The van der Waals surface area contributed by atoms with Gasteiger partial charge in [-0.3, -0.25) is 14.4 Å². The average molecular weight is 414 g/mol. The molecule has 0 fully saturated rings. The molecule has 142 valence electrons. The van der Waals surface area contributed by atoms with Gasteiger partial charge in [0, 0.05) is 11.4 Å². The lowest BCUT2D eigenvalue weighted by Crippen LogP contribution is -2.29. The maximum atomic E-state index is 14.4. The van der Waals surface area contributed by atoms with E-state index in [9.17, 15) is 9.18 Å². The highest BCUT2D eigenvalue weighted by Gasteiger charge is 2.20. The number of benzene rings is 2. The third-order valence-electron chi connectivity index (χ3n) is 3.93. The molecule has 1 aliphatic heterocycles. The summed E-state index contributed by atoms with van der Waals surface area (Å²) in [6.45, 7) is 0.724. The van der Waals surface area contributed by atoms with Gasteiger partial charge in [0.2, 0.25) is 5.91 Å². The van der Waals surface area contributed by atoms with Crippen molar-refractivity contribution in [2.24, 2.45) is 4.99 Å². The van der Waals surface area contributed by atoms with Crippen molar-refractivity contribution in [3.8, 4) is 17.1 Å². The fourth-order valence-corrected chi connectivity index (χ4v) is 4.18. The summed E-state index contributed by atoms with van der Waals surface area (Å²) in [4.78, 5) is 16.4. The quantitative estimate of drug-likeness (QED) is 0.649. The summed E-state index contributed by atoms with van der Waals surface area (Å²) in [6.07, 6.45) is 0. The number of thioether (sulfide) groups is 2. The summed E-state index contributed by atoms with van der Waals surface area (Å²) in [7, 11) is 0. The van der Waals surface area contributed by atoms with Crippen molar-refractivity contribution in [2.45, 2.75) is 5.16 Å². The second-order valence-corrected chi connectivity index (χ2v) is 7.86. The Morgan fingerprint density at radius 2 is 1.93 bits per heavy atom. The Labute approximate surface area is 169 Å². The molecule has 0 atom stereocenters. The van der Waals surface area contributed by atoms with E-state index < -0.39 is 0 Å². The molecule has 0 radical (unpaired) electrons. The minimum atomic E-state index is -0.377. The van der Waals surface area contributed by atoms with E-state index in [0.29, 0.717) is 21.7 Å². The van der Waals surface area contributed by atoms with E-state index in [1.165, 1.54) is 29.6 Å². The van der Waals surface area contributed by atoms with Crippen LogP contribution in [0.15, 0.2) is 64.7 Å². The van der Waals surface area contributed by atoms with Crippen molar-refractivity contribution >= 4 is 34.6 Å². The Morgan fingerprint density at radius 1 is 1.14 bits per heavy atom. The number of hydrogen-bond donors (Lipinski definition) is 1. The highest BCUT2D eigenvalue weighted by atomic mass is 32.2. The van der Waals surface area contributed by atoms with Gasteiger partial charge in [0.15, 0.2) is 16.1 Å². The highest BCUT2D eigenvalue weighted by Crippen LogP contribution is 2.29. The average Bonchev–Trinajstić information content (AvgIpc) is 3.37. The topological polar surface area (TPSA) is 72.2 Å². The van der Waals surface area contributed by atoms with Crippen molar-refractivity contribution in [3.63, 3.8) is 0 Å². The van der Waals surface area contributed by atoms with Crippen LogP contribution >= 0.6 is 23.5 Å². The molecule has 9 heteroatoms. The smallest absolute Gasteiger partial charge is 0.236 e. The molecule has 2 aromatic carbocycles. The van der Waals surface area contributed by atoms with E-state index in [0.717, 1.165) is 18.0 Å². The SMILES string of the molecule is O=C(CSc1nnc(-c2ccccc2F)n1-c1ccccc1)NC1=NCCS1. The van der Waals surface area contributed by atoms with E-state index in [1.807, 2.05) is 30.3 Å². The number of para-hydroxylation sites is 1. The summed E-state index contributed by atoms with van der Waals surface area (Å²) in [6, 6.07) is 15.9.